The summed E-state index contributed by atoms with van der Waals surface area (Å²) >= 11 is 0. The Morgan fingerprint density at radius 1 is 1.36 bits per heavy atom. The first-order valence-corrected chi connectivity index (χ1v) is 7.70. The lowest BCUT2D eigenvalue weighted by atomic mass is 10.1. The summed E-state index contributed by atoms with van der Waals surface area (Å²) in [5, 5.41) is 11.6. The first-order chi connectivity index (χ1) is 10.5. The summed E-state index contributed by atoms with van der Waals surface area (Å²) in [5.74, 6) is 2.21. The van der Waals surface area contributed by atoms with Gasteiger partial charge in [0.25, 0.3) is 5.91 Å². The third-order valence-electron chi connectivity index (χ3n) is 3.97. The van der Waals surface area contributed by atoms with Crippen LogP contribution >= 0.6 is 0 Å². The lowest BCUT2D eigenvalue weighted by Crippen LogP contribution is -2.41. The second-order valence-electron chi connectivity index (χ2n) is 6.17. The maximum absolute atomic E-state index is 12.3. The number of fused-ring (bicyclic) bond motifs is 1. The molecule has 1 atom stereocenters. The van der Waals surface area contributed by atoms with Crippen LogP contribution in [0.25, 0.3) is 0 Å². The summed E-state index contributed by atoms with van der Waals surface area (Å²) in [7, 11) is 0. The van der Waals surface area contributed by atoms with Crippen LogP contribution in [0.4, 0.5) is 0 Å². The Morgan fingerprint density at radius 2 is 2.18 bits per heavy atom. The van der Waals surface area contributed by atoms with E-state index in [2.05, 4.69) is 38.9 Å². The molecule has 116 valence electrons. The molecular formula is C16H21N5O. The maximum atomic E-state index is 12.3. The van der Waals surface area contributed by atoms with Gasteiger partial charge in [-0.15, -0.1) is 10.2 Å². The van der Waals surface area contributed by atoms with E-state index in [1.165, 1.54) is 0 Å². The first kappa shape index (κ1) is 14.7. The molecule has 0 spiro atoms. The Bertz CT molecular complexity index is 674. The van der Waals surface area contributed by atoms with E-state index in [1.807, 2.05) is 13.0 Å². The van der Waals surface area contributed by atoms with Gasteiger partial charge in [-0.3, -0.25) is 9.78 Å². The molecule has 1 aliphatic rings. The number of carbonyl (C=O) groups excluding carboxylic acids is 1. The number of pyridine rings is 1. The van der Waals surface area contributed by atoms with Crippen molar-refractivity contribution in [3.05, 3.63) is 41.2 Å². The molecule has 0 aliphatic carbocycles. The van der Waals surface area contributed by atoms with Gasteiger partial charge < -0.3 is 9.88 Å². The van der Waals surface area contributed by atoms with Crippen LogP contribution in [-0.4, -0.2) is 31.7 Å². The number of rotatable bonds is 3. The monoisotopic (exact) mass is 299 g/mol. The Labute approximate surface area is 130 Å². The van der Waals surface area contributed by atoms with E-state index in [1.54, 1.807) is 12.3 Å². The number of nitrogens with zero attached hydrogens (tertiary/aromatic N) is 4. The number of hydrogen-bond acceptors (Lipinski definition) is 4. The minimum atomic E-state index is -0.118. The van der Waals surface area contributed by atoms with Crippen LogP contribution in [0.1, 0.15) is 53.9 Å². The van der Waals surface area contributed by atoms with Crippen molar-refractivity contribution in [3.63, 3.8) is 0 Å². The van der Waals surface area contributed by atoms with Crippen molar-refractivity contribution in [2.75, 3.05) is 0 Å². The van der Waals surface area contributed by atoms with E-state index < -0.39 is 0 Å². The molecule has 3 heterocycles. The summed E-state index contributed by atoms with van der Waals surface area (Å²) in [4.78, 5) is 16.5. The van der Waals surface area contributed by atoms with Gasteiger partial charge in [-0.1, -0.05) is 19.9 Å². The standard InChI is InChI=1S/C16H21N5O/c1-10(2)15-20-19-14-7-5-12(9-21(14)15)18-16(22)13-6-4-11(3)8-17-13/h4,6,8,10,12H,5,7,9H2,1-3H3,(H,18,22). The van der Waals surface area contributed by atoms with Crippen LogP contribution in [0, 0.1) is 6.92 Å². The largest absolute Gasteiger partial charge is 0.346 e. The zero-order valence-electron chi connectivity index (χ0n) is 13.2. The molecule has 0 fully saturated rings. The molecule has 2 aromatic rings. The van der Waals surface area contributed by atoms with E-state index >= 15 is 0 Å². The Hall–Kier alpha value is -2.24. The Morgan fingerprint density at radius 3 is 2.86 bits per heavy atom. The van der Waals surface area contributed by atoms with Gasteiger partial charge in [0.2, 0.25) is 0 Å². The SMILES string of the molecule is Cc1ccc(C(=O)NC2CCc3nnc(C(C)C)n3C2)nc1. The van der Waals surface area contributed by atoms with E-state index in [9.17, 15) is 4.79 Å². The van der Waals surface area contributed by atoms with E-state index in [-0.39, 0.29) is 11.9 Å². The number of amides is 1. The highest BCUT2D eigenvalue weighted by Crippen LogP contribution is 2.20. The summed E-state index contributed by atoms with van der Waals surface area (Å²) in [5.41, 5.74) is 1.51. The van der Waals surface area contributed by atoms with Gasteiger partial charge in [-0.2, -0.15) is 0 Å². The van der Waals surface area contributed by atoms with Crippen molar-refractivity contribution in [1.82, 2.24) is 25.1 Å². The molecule has 1 aliphatic heterocycles. The summed E-state index contributed by atoms with van der Waals surface area (Å²) in [6, 6.07) is 3.76. The molecular weight excluding hydrogens is 278 g/mol. The molecule has 0 aromatic carbocycles. The lowest BCUT2D eigenvalue weighted by Gasteiger charge is -2.25. The maximum Gasteiger partial charge on any atom is 0.270 e. The van der Waals surface area contributed by atoms with Gasteiger partial charge in [0.1, 0.15) is 17.3 Å². The molecule has 22 heavy (non-hydrogen) atoms. The Kier molecular flexibility index (Phi) is 3.92. The third kappa shape index (κ3) is 2.86. The molecule has 6 nitrogen and oxygen atoms in total. The fraction of sp³-hybridized carbons (Fsp3) is 0.500. The van der Waals surface area contributed by atoms with Gasteiger partial charge in [-0.25, -0.2) is 0 Å². The Balaban J connectivity index is 1.71. The second kappa shape index (κ2) is 5.87. The number of hydrogen-bond donors (Lipinski definition) is 1. The third-order valence-corrected chi connectivity index (χ3v) is 3.97. The number of carbonyl (C=O) groups is 1. The second-order valence-corrected chi connectivity index (χ2v) is 6.17. The molecule has 0 saturated carbocycles. The minimum Gasteiger partial charge on any atom is -0.346 e. The van der Waals surface area contributed by atoms with Gasteiger partial charge in [0, 0.05) is 31.1 Å². The van der Waals surface area contributed by atoms with Gasteiger partial charge in [0.15, 0.2) is 0 Å². The number of aryl methyl sites for hydroxylation is 2. The fourth-order valence-corrected chi connectivity index (χ4v) is 2.75. The topological polar surface area (TPSA) is 72.7 Å². The molecule has 6 heteroatoms. The van der Waals surface area contributed by atoms with Crippen LogP contribution in [-0.2, 0) is 13.0 Å². The zero-order chi connectivity index (χ0) is 15.7. The van der Waals surface area contributed by atoms with Crippen molar-refractivity contribution >= 4 is 5.91 Å². The number of nitrogens with one attached hydrogen (secondary N) is 1. The van der Waals surface area contributed by atoms with Crippen molar-refractivity contribution in [1.29, 1.82) is 0 Å². The summed E-state index contributed by atoms with van der Waals surface area (Å²) in [6.45, 7) is 6.90. The predicted molar refractivity (Wildman–Crippen MR) is 82.7 cm³/mol. The van der Waals surface area contributed by atoms with Gasteiger partial charge >= 0.3 is 0 Å². The quantitative estimate of drug-likeness (QED) is 0.938. The average molecular weight is 299 g/mol. The average Bonchev–Trinajstić information content (AvgIpc) is 2.91. The van der Waals surface area contributed by atoms with Crippen LogP contribution in [0.5, 0.6) is 0 Å². The normalized spacial score (nSPS) is 17.4. The molecule has 0 bridgehead atoms. The molecule has 0 saturated heterocycles. The molecule has 3 rings (SSSR count). The molecule has 1 N–H and O–H groups in total. The molecule has 1 amide bonds. The minimum absolute atomic E-state index is 0.0941. The smallest absolute Gasteiger partial charge is 0.270 e. The summed E-state index contributed by atoms with van der Waals surface area (Å²) in [6.07, 6.45) is 3.43. The molecule has 1 unspecified atom stereocenters. The van der Waals surface area contributed by atoms with Crippen molar-refractivity contribution in [2.24, 2.45) is 0 Å². The van der Waals surface area contributed by atoms with Crippen molar-refractivity contribution < 1.29 is 4.79 Å². The predicted octanol–water partition coefficient (Wildman–Crippen LogP) is 1.85. The lowest BCUT2D eigenvalue weighted by molar-refractivity contribution is 0.0922. The van der Waals surface area contributed by atoms with Crippen LogP contribution in [0.3, 0.4) is 0 Å². The first-order valence-electron chi connectivity index (χ1n) is 7.70. The van der Waals surface area contributed by atoms with Crippen molar-refractivity contribution in [3.8, 4) is 0 Å². The highest BCUT2D eigenvalue weighted by atomic mass is 16.1. The van der Waals surface area contributed by atoms with Crippen LogP contribution < -0.4 is 5.32 Å². The fourth-order valence-electron chi connectivity index (χ4n) is 2.75. The molecule has 2 aromatic heterocycles. The van der Waals surface area contributed by atoms with Gasteiger partial charge in [0.05, 0.1) is 0 Å². The zero-order valence-corrected chi connectivity index (χ0v) is 13.2. The van der Waals surface area contributed by atoms with Crippen LogP contribution in [0.2, 0.25) is 0 Å². The van der Waals surface area contributed by atoms with Crippen molar-refractivity contribution in [2.45, 2.75) is 52.1 Å². The van der Waals surface area contributed by atoms with E-state index in [0.717, 1.165) is 36.6 Å². The van der Waals surface area contributed by atoms with E-state index in [4.69, 9.17) is 0 Å². The number of aromatic nitrogens is 4. The van der Waals surface area contributed by atoms with Gasteiger partial charge in [-0.05, 0) is 25.0 Å². The van der Waals surface area contributed by atoms with Crippen LogP contribution in [0.15, 0.2) is 18.3 Å². The van der Waals surface area contributed by atoms with E-state index in [0.29, 0.717) is 11.6 Å². The summed E-state index contributed by atoms with van der Waals surface area (Å²) < 4.78 is 2.14. The highest BCUT2D eigenvalue weighted by molar-refractivity contribution is 5.92. The molecule has 0 radical (unpaired) electrons. The highest BCUT2D eigenvalue weighted by Gasteiger charge is 2.25.